The number of nitrogens with zero attached hydrogens (tertiary/aromatic N) is 1. The van der Waals surface area contributed by atoms with Crippen molar-refractivity contribution in [3.05, 3.63) is 59.7 Å². The van der Waals surface area contributed by atoms with Gasteiger partial charge in [-0.2, -0.15) is 5.26 Å². The molecule has 2 aromatic rings. The molecule has 0 spiro atoms. The SMILES string of the molecule is Cc1ccc(Sc2ccc(C#N)cc2)cc1. The van der Waals surface area contributed by atoms with Crippen LogP contribution in [0, 0.1) is 18.3 Å². The molecule has 1 nitrogen and oxygen atoms in total. The Balaban J connectivity index is 2.15. The average Bonchev–Trinajstić information content (AvgIpc) is 2.33. The lowest BCUT2D eigenvalue weighted by atomic mass is 10.2. The zero-order valence-electron chi connectivity index (χ0n) is 8.97. The summed E-state index contributed by atoms with van der Waals surface area (Å²) in [6, 6.07) is 18.2. The van der Waals surface area contributed by atoms with Crippen molar-refractivity contribution in [2.45, 2.75) is 16.7 Å². The smallest absolute Gasteiger partial charge is 0.0991 e. The lowest BCUT2D eigenvalue weighted by Crippen LogP contribution is -1.76. The monoisotopic (exact) mass is 225 g/mol. The number of hydrogen-bond donors (Lipinski definition) is 0. The number of benzene rings is 2. The fourth-order valence-electron chi connectivity index (χ4n) is 1.34. The molecular formula is C14H11NS. The van der Waals surface area contributed by atoms with E-state index in [1.807, 2.05) is 24.3 Å². The summed E-state index contributed by atoms with van der Waals surface area (Å²) in [6.45, 7) is 2.08. The van der Waals surface area contributed by atoms with E-state index in [4.69, 9.17) is 5.26 Å². The van der Waals surface area contributed by atoms with Crippen LogP contribution in [0.3, 0.4) is 0 Å². The number of nitriles is 1. The van der Waals surface area contributed by atoms with Gasteiger partial charge in [0, 0.05) is 9.79 Å². The van der Waals surface area contributed by atoms with E-state index in [9.17, 15) is 0 Å². The van der Waals surface area contributed by atoms with Crippen LogP contribution in [-0.4, -0.2) is 0 Å². The molecule has 0 fully saturated rings. The first-order valence-electron chi connectivity index (χ1n) is 5.02. The van der Waals surface area contributed by atoms with Crippen molar-refractivity contribution >= 4 is 11.8 Å². The fourth-order valence-corrected chi connectivity index (χ4v) is 2.16. The maximum Gasteiger partial charge on any atom is 0.0991 e. The van der Waals surface area contributed by atoms with Gasteiger partial charge >= 0.3 is 0 Å². The lowest BCUT2D eigenvalue weighted by Gasteiger charge is -2.01. The van der Waals surface area contributed by atoms with Crippen molar-refractivity contribution in [1.82, 2.24) is 0 Å². The fraction of sp³-hybridized carbons (Fsp3) is 0.0714. The third-order valence-corrected chi connectivity index (χ3v) is 3.26. The highest BCUT2D eigenvalue weighted by Crippen LogP contribution is 2.27. The Morgan fingerprint density at radius 1 is 0.875 bits per heavy atom. The van der Waals surface area contributed by atoms with Crippen molar-refractivity contribution < 1.29 is 0 Å². The second-order valence-electron chi connectivity index (χ2n) is 3.55. The second kappa shape index (κ2) is 4.87. The van der Waals surface area contributed by atoms with E-state index in [1.54, 1.807) is 11.8 Å². The first-order valence-corrected chi connectivity index (χ1v) is 5.84. The summed E-state index contributed by atoms with van der Waals surface area (Å²) < 4.78 is 0. The molecule has 0 aromatic heterocycles. The third-order valence-electron chi connectivity index (χ3n) is 2.24. The predicted molar refractivity (Wildman–Crippen MR) is 66.5 cm³/mol. The Morgan fingerprint density at radius 2 is 1.38 bits per heavy atom. The van der Waals surface area contributed by atoms with Gasteiger partial charge < -0.3 is 0 Å². The minimum Gasteiger partial charge on any atom is -0.192 e. The van der Waals surface area contributed by atoms with Gasteiger partial charge in [-0.05, 0) is 43.3 Å². The highest BCUT2D eigenvalue weighted by atomic mass is 32.2. The lowest BCUT2D eigenvalue weighted by molar-refractivity contribution is 1.35. The maximum absolute atomic E-state index is 8.69. The molecular weight excluding hydrogens is 214 g/mol. The minimum atomic E-state index is 0.702. The van der Waals surface area contributed by atoms with E-state index in [1.165, 1.54) is 10.5 Å². The van der Waals surface area contributed by atoms with Gasteiger partial charge in [-0.25, -0.2) is 0 Å². The van der Waals surface area contributed by atoms with Crippen molar-refractivity contribution in [3.63, 3.8) is 0 Å². The zero-order chi connectivity index (χ0) is 11.4. The molecule has 2 heteroatoms. The summed E-state index contributed by atoms with van der Waals surface area (Å²) in [5.74, 6) is 0. The van der Waals surface area contributed by atoms with Gasteiger partial charge in [0.15, 0.2) is 0 Å². The molecule has 0 N–H and O–H groups in total. The molecule has 0 unspecified atom stereocenters. The normalized spacial score (nSPS) is 9.75. The molecule has 2 aromatic carbocycles. The van der Waals surface area contributed by atoms with Crippen molar-refractivity contribution in [2.75, 3.05) is 0 Å². The summed E-state index contributed by atoms with van der Waals surface area (Å²) in [7, 11) is 0. The maximum atomic E-state index is 8.69. The van der Waals surface area contributed by atoms with E-state index < -0.39 is 0 Å². The van der Waals surface area contributed by atoms with E-state index in [0.717, 1.165) is 4.90 Å². The molecule has 78 valence electrons. The zero-order valence-corrected chi connectivity index (χ0v) is 9.79. The van der Waals surface area contributed by atoms with Crippen molar-refractivity contribution in [2.24, 2.45) is 0 Å². The van der Waals surface area contributed by atoms with Gasteiger partial charge in [0.05, 0.1) is 11.6 Å². The van der Waals surface area contributed by atoms with Gasteiger partial charge in [0.2, 0.25) is 0 Å². The van der Waals surface area contributed by atoms with Crippen LogP contribution in [0.5, 0.6) is 0 Å². The number of hydrogen-bond acceptors (Lipinski definition) is 2. The molecule has 0 bridgehead atoms. The van der Waals surface area contributed by atoms with Crippen LogP contribution in [-0.2, 0) is 0 Å². The summed E-state index contributed by atoms with van der Waals surface area (Å²) in [5.41, 5.74) is 1.97. The minimum absolute atomic E-state index is 0.702. The van der Waals surface area contributed by atoms with Crippen LogP contribution in [0.2, 0.25) is 0 Å². The van der Waals surface area contributed by atoms with Gasteiger partial charge in [-0.15, -0.1) is 0 Å². The second-order valence-corrected chi connectivity index (χ2v) is 4.70. The van der Waals surface area contributed by atoms with Gasteiger partial charge in [-0.1, -0.05) is 29.5 Å². The Kier molecular flexibility index (Phi) is 3.28. The topological polar surface area (TPSA) is 23.8 Å². The number of aryl methyl sites for hydroxylation is 1. The van der Waals surface area contributed by atoms with Gasteiger partial charge in [0.1, 0.15) is 0 Å². The molecule has 0 atom stereocenters. The van der Waals surface area contributed by atoms with Gasteiger partial charge in [0.25, 0.3) is 0 Å². The van der Waals surface area contributed by atoms with Crippen molar-refractivity contribution in [1.29, 1.82) is 5.26 Å². The first-order chi connectivity index (χ1) is 7.78. The van der Waals surface area contributed by atoms with Crippen LogP contribution in [0.4, 0.5) is 0 Å². The molecule has 0 aliphatic carbocycles. The van der Waals surface area contributed by atoms with E-state index in [0.29, 0.717) is 5.56 Å². The Bertz CT molecular complexity index is 506. The van der Waals surface area contributed by atoms with Crippen LogP contribution in [0.1, 0.15) is 11.1 Å². The number of rotatable bonds is 2. The first kappa shape index (κ1) is 10.8. The molecule has 0 heterocycles. The predicted octanol–water partition coefficient (Wildman–Crippen LogP) is 4.02. The molecule has 16 heavy (non-hydrogen) atoms. The van der Waals surface area contributed by atoms with Gasteiger partial charge in [-0.3, -0.25) is 0 Å². The Labute approximate surface area is 99.7 Å². The average molecular weight is 225 g/mol. The van der Waals surface area contributed by atoms with Crippen LogP contribution in [0.15, 0.2) is 58.3 Å². The van der Waals surface area contributed by atoms with E-state index in [2.05, 4.69) is 37.3 Å². The van der Waals surface area contributed by atoms with E-state index in [-0.39, 0.29) is 0 Å². The highest BCUT2D eigenvalue weighted by molar-refractivity contribution is 7.99. The largest absolute Gasteiger partial charge is 0.192 e. The molecule has 0 radical (unpaired) electrons. The van der Waals surface area contributed by atoms with Crippen LogP contribution >= 0.6 is 11.8 Å². The highest BCUT2D eigenvalue weighted by Gasteiger charge is 1.97. The summed E-state index contributed by atoms with van der Waals surface area (Å²) in [5, 5.41) is 8.69. The molecule has 0 saturated carbocycles. The molecule has 0 aliphatic rings. The Hall–Kier alpha value is -1.72. The molecule has 0 saturated heterocycles. The van der Waals surface area contributed by atoms with E-state index >= 15 is 0 Å². The summed E-state index contributed by atoms with van der Waals surface area (Å²) in [6.07, 6.45) is 0. The van der Waals surface area contributed by atoms with Crippen molar-refractivity contribution in [3.8, 4) is 6.07 Å². The quantitative estimate of drug-likeness (QED) is 0.770. The Morgan fingerprint density at radius 3 is 1.88 bits per heavy atom. The molecule has 0 aliphatic heterocycles. The van der Waals surface area contributed by atoms with Crippen LogP contribution < -0.4 is 0 Å². The summed E-state index contributed by atoms with van der Waals surface area (Å²) in [4.78, 5) is 2.37. The third kappa shape index (κ3) is 2.65. The standard InChI is InChI=1S/C14H11NS/c1-11-2-6-13(7-3-11)16-14-8-4-12(10-15)5-9-14/h2-9H,1H3. The van der Waals surface area contributed by atoms with Crippen LogP contribution in [0.25, 0.3) is 0 Å². The summed E-state index contributed by atoms with van der Waals surface area (Å²) >= 11 is 1.71. The molecule has 2 rings (SSSR count). The molecule has 0 amide bonds.